The molecule has 23 heavy (non-hydrogen) atoms. The smallest absolute Gasteiger partial charge is 0.312 e. The Balaban J connectivity index is 1.74. The van der Waals surface area contributed by atoms with Gasteiger partial charge in [0.1, 0.15) is 5.78 Å². The first kappa shape index (κ1) is 15.6. The lowest BCUT2D eigenvalue weighted by Crippen LogP contribution is -2.85. The van der Waals surface area contributed by atoms with Crippen LogP contribution in [0, 0.1) is 16.7 Å². The third-order valence-electron chi connectivity index (χ3n) is 6.77. The lowest BCUT2D eigenvalue weighted by Gasteiger charge is -2.71. The van der Waals surface area contributed by atoms with Crippen LogP contribution in [0.2, 0.25) is 0 Å². The molecule has 1 atom stereocenters. The molecule has 5 nitrogen and oxygen atoms in total. The van der Waals surface area contributed by atoms with Crippen LogP contribution in [0.4, 0.5) is 0 Å². The molecule has 0 aromatic carbocycles. The van der Waals surface area contributed by atoms with Gasteiger partial charge in [0.2, 0.25) is 0 Å². The van der Waals surface area contributed by atoms with Crippen molar-refractivity contribution in [1.29, 1.82) is 0 Å². The van der Waals surface area contributed by atoms with Crippen molar-refractivity contribution in [3.8, 4) is 0 Å². The topological polar surface area (TPSA) is 49.9 Å². The number of piperidine rings is 2. The van der Waals surface area contributed by atoms with Gasteiger partial charge in [-0.25, -0.2) is 0 Å². The summed E-state index contributed by atoms with van der Waals surface area (Å²) in [7, 11) is 0. The molecule has 5 fully saturated rings. The van der Waals surface area contributed by atoms with E-state index >= 15 is 0 Å². The molecule has 4 aliphatic heterocycles. The Kier molecular flexibility index (Phi) is 3.24. The standard InChI is InChI=1S/C18H28N2O3/c1-4-23-14(21)13-7-5-6-8-18(13)19-9-16(2)10-20(18)12-17(3,11-19)15(16)22/h13H,4-12H2,1-3H3. The van der Waals surface area contributed by atoms with E-state index in [1.807, 2.05) is 6.92 Å². The molecule has 0 N–H and O–H groups in total. The molecular weight excluding hydrogens is 292 g/mol. The van der Waals surface area contributed by atoms with Gasteiger partial charge >= 0.3 is 5.97 Å². The maximum atomic E-state index is 12.9. The van der Waals surface area contributed by atoms with E-state index in [1.54, 1.807) is 0 Å². The Bertz CT molecular complexity index is 518. The average molecular weight is 320 g/mol. The fourth-order valence-corrected chi connectivity index (χ4v) is 6.11. The van der Waals surface area contributed by atoms with E-state index < -0.39 is 0 Å². The van der Waals surface area contributed by atoms with Gasteiger partial charge in [-0.15, -0.1) is 0 Å². The molecule has 1 unspecified atom stereocenters. The minimum atomic E-state index is -0.271. The van der Waals surface area contributed by atoms with Crippen LogP contribution >= 0.6 is 0 Å². The highest BCUT2D eigenvalue weighted by Crippen LogP contribution is 2.56. The van der Waals surface area contributed by atoms with Gasteiger partial charge in [0, 0.05) is 26.2 Å². The SMILES string of the molecule is CCOC(=O)C1CCCCC12N1CC3(C)CN2CC(C)(C1)C3=O. The maximum absolute atomic E-state index is 12.9. The summed E-state index contributed by atoms with van der Waals surface area (Å²) in [4.78, 5) is 30.5. The van der Waals surface area contributed by atoms with Gasteiger partial charge in [0.25, 0.3) is 0 Å². The van der Waals surface area contributed by atoms with E-state index in [-0.39, 0.29) is 28.4 Å². The van der Waals surface area contributed by atoms with Crippen molar-refractivity contribution in [2.24, 2.45) is 16.7 Å². The predicted octanol–water partition coefficient (Wildman–Crippen LogP) is 1.66. The maximum Gasteiger partial charge on any atom is 0.312 e. The summed E-state index contributed by atoms with van der Waals surface area (Å²) in [5.41, 5.74) is -0.745. The van der Waals surface area contributed by atoms with Gasteiger partial charge in [0.15, 0.2) is 0 Å². The highest BCUT2D eigenvalue weighted by atomic mass is 16.5. The second-order valence-corrected chi connectivity index (χ2v) is 8.59. The summed E-state index contributed by atoms with van der Waals surface area (Å²) in [5.74, 6) is 0.315. The molecule has 1 saturated carbocycles. The van der Waals surface area contributed by atoms with Crippen molar-refractivity contribution >= 4 is 11.8 Å². The number of carbonyl (C=O) groups excluding carboxylic acids is 2. The summed E-state index contributed by atoms with van der Waals surface area (Å²) in [6, 6.07) is 0. The third-order valence-corrected chi connectivity index (χ3v) is 6.77. The van der Waals surface area contributed by atoms with E-state index in [0.29, 0.717) is 12.4 Å². The second-order valence-electron chi connectivity index (χ2n) is 8.59. The lowest BCUT2D eigenvalue weighted by molar-refractivity contribution is -0.254. The largest absolute Gasteiger partial charge is 0.466 e. The molecule has 0 aromatic heterocycles. The molecule has 4 saturated heterocycles. The first-order valence-electron chi connectivity index (χ1n) is 9.07. The molecule has 1 aliphatic carbocycles. The van der Waals surface area contributed by atoms with Crippen LogP contribution in [0.1, 0.15) is 46.5 Å². The number of Topliss-reactive ketones (excluding diaryl/α,β-unsaturated/α-hetero) is 1. The molecule has 5 aliphatic rings. The van der Waals surface area contributed by atoms with Crippen LogP contribution in [-0.4, -0.2) is 60.0 Å². The average Bonchev–Trinajstić information content (AvgIpc) is 2.49. The number of ether oxygens (including phenoxy) is 1. The van der Waals surface area contributed by atoms with Crippen molar-refractivity contribution in [3.63, 3.8) is 0 Å². The van der Waals surface area contributed by atoms with Crippen molar-refractivity contribution in [3.05, 3.63) is 0 Å². The lowest BCUT2D eigenvalue weighted by atomic mass is 9.58. The van der Waals surface area contributed by atoms with E-state index in [1.165, 1.54) is 0 Å². The van der Waals surface area contributed by atoms with Gasteiger partial charge in [0.05, 0.1) is 29.0 Å². The van der Waals surface area contributed by atoms with Gasteiger partial charge in [-0.2, -0.15) is 0 Å². The Morgan fingerprint density at radius 1 is 1.13 bits per heavy atom. The van der Waals surface area contributed by atoms with Gasteiger partial charge < -0.3 is 4.74 Å². The predicted molar refractivity (Wildman–Crippen MR) is 85.7 cm³/mol. The number of nitrogens with zero attached hydrogens (tertiary/aromatic N) is 2. The minimum Gasteiger partial charge on any atom is -0.466 e. The molecule has 4 bridgehead atoms. The molecule has 5 rings (SSSR count). The summed E-state index contributed by atoms with van der Waals surface area (Å²) in [6.07, 6.45) is 4.19. The third kappa shape index (κ3) is 1.86. The summed E-state index contributed by atoms with van der Waals surface area (Å²) in [6.45, 7) is 9.75. The van der Waals surface area contributed by atoms with E-state index in [2.05, 4.69) is 23.6 Å². The molecule has 0 radical (unpaired) electrons. The molecule has 1 spiro atoms. The molecule has 0 amide bonds. The van der Waals surface area contributed by atoms with Crippen LogP contribution < -0.4 is 0 Å². The van der Waals surface area contributed by atoms with Gasteiger partial charge in [-0.05, 0) is 19.8 Å². The highest BCUT2D eigenvalue weighted by molar-refractivity contribution is 5.93. The number of esters is 1. The van der Waals surface area contributed by atoms with Gasteiger partial charge in [-0.1, -0.05) is 26.7 Å². The highest BCUT2D eigenvalue weighted by Gasteiger charge is 2.69. The zero-order valence-corrected chi connectivity index (χ0v) is 14.6. The number of hydrogen-bond donors (Lipinski definition) is 0. The first-order chi connectivity index (χ1) is 10.9. The summed E-state index contributed by atoms with van der Waals surface area (Å²) in [5, 5.41) is 0. The Morgan fingerprint density at radius 3 is 2.22 bits per heavy atom. The Hall–Kier alpha value is -0.940. The molecule has 4 heterocycles. The quantitative estimate of drug-likeness (QED) is 0.724. The Labute approximate surface area is 138 Å². The number of rotatable bonds is 2. The fraction of sp³-hybridized carbons (Fsp3) is 0.889. The van der Waals surface area contributed by atoms with Crippen LogP contribution in [0.25, 0.3) is 0 Å². The summed E-state index contributed by atoms with van der Waals surface area (Å²) >= 11 is 0. The van der Waals surface area contributed by atoms with Gasteiger partial charge in [-0.3, -0.25) is 19.4 Å². The van der Waals surface area contributed by atoms with E-state index in [4.69, 9.17) is 4.74 Å². The fourth-order valence-electron chi connectivity index (χ4n) is 6.11. The second kappa shape index (κ2) is 4.79. The van der Waals surface area contributed by atoms with Crippen molar-refractivity contribution in [1.82, 2.24) is 9.80 Å². The first-order valence-corrected chi connectivity index (χ1v) is 9.07. The van der Waals surface area contributed by atoms with Crippen LogP contribution in [0.3, 0.4) is 0 Å². The van der Waals surface area contributed by atoms with Crippen LogP contribution in [0.5, 0.6) is 0 Å². The minimum absolute atomic E-state index is 0.0405. The molecular formula is C18H28N2O3. The van der Waals surface area contributed by atoms with Crippen molar-refractivity contribution in [2.45, 2.75) is 52.1 Å². The zero-order chi connectivity index (χ0) is 16.5. The van der Waals surface area contributed by atoms with E-state index in [9.17, 15) is 9.59 Å². The van der Waals surface area contributed by atoms with Crippen molar-refractivity contribution < 1.29 is 14.3 Å². The number of ketones is 1. The monoisotopic (exact) mass is 320 g/mol. The van der Waals surface area contributed by atoms with Crippen LogP contribution in [-0.2, 0) is 14.3 Å². The zero-order valence-electron chi connectivity index (χ0n) is 14.6. The van der Waals surface area contributed by atoms with Crippen LogP contribution in [0.15, 0.2) is 0 Å². The Morgan fingerprint density at radius 2 is 1.70 bits per heavy atom. The number of hydrogen-bond acceptors (Lipinski definition) is 5. The number of carbonyl (C=O) groups is 2. The molecule has 0 aromatic rings. The molecule has 5 heteroatoms. The summed E-state index contributed by atoms with van der Waals surface area (Å²) < 4.78 is 5.42. The van der Waals surface area contributed by atoms with Crippen molar-refractivity contribution in [2.75, 3.05) is 32.8 Å². The van der Waals surface area contributed by atoms with E-state index in [0.717, 1.165) is 51.9 Å². The normalized spacial score (nSPS) is 51.3. The molecule has 128 valence electrons.